The second kappa shape index (κ2) is 9.63. The summed E-state index contributed by atoms with van der Waals surface area (Å²) < 4.78 is 6.52. The molecule has 1 aromatic carbocycles. The number of hydrogen-bond acceptors (Lipinski definition) is 2. The Morgan fingerprint density at radius 2 is 2.33 bits per heavy atom. The van der Waals surface area contributed by atoms with Crippen LogP contribution >= 0.6 is 39.9 Å². The fraction of sp³-hybridized carbons (Fsp3) is 0.533. The molecule has 0 bridgehead atoms. The van der Waals surface area contributed by atoms with Gasteiger partial charge in [0, 0.05) is 44.2 Å². The molecule has 1 fully saturated rings. The molecule has 0 amide bonds. The van der Waals surface area contributed by atoms with Crippen LogP contribution in [0.1, 0.15) is 12.0 Å². The minimum Gasteiger partial charge on any atom is -0.381 e. The van der Waals surface area contributed by atoms with E-state index in [-0.39, 0.29) is 24.0 Å². The van der Waals surface area contributed by atoms with Crippen molar-refractivity contribution in [2.24, 2.45) is 10.9 Å². The van der Waals surface area contributed by atoms with Crippen LogP contribution in [0.4, 0.5) is 0 Å². The van der Waals surface area contributed by atoms with Gasteiger partial charge in [-0.15, -0.1) is 24.0 Å². The highest BCUT2D eigenvalue weighted by Crippen LogP contribution is 2.14. The summed E-state index contributed by atoms with van der Waals surface area (Å²) >= 11 is 3.49. The van der Waals surface area contributed by atoms with Crippen molar-refractivity contribution in [3.05, 3.63) is 34.3 Å². The fourth-order valence-electron chi connectivity index (χ4n) is 2.41. The number of ether oxygens (including phenoxy) is 1. The molecule has 1 heterocycles. The van der Waals surface area contributed by atoms with Gasteiger partial charge in [0.1, 0.15) is 0 Å². The number of guanidine groups is 1. The highest BCUT2D eigenvalue weighted by atomic mass is 127. The standard InChI is InChI=1S/C15H22BrN3O.HI/c1-17-15(19(2)10-13-6-7-20-11-13)18-9-12-4-3-5-14(16)8-12;/h3-5,8,13H,6-7,9-11H2,1-2H3,(H,17,18);1H. The Labute approximate surface area is 152 Å². The number of nitrogens with zero attached hydrogens (tertiary/aromatic N) is 2. The van der Waals surface area contributed by atoms with Crippen LogP contribution in [0.25, 0.3) is 0 Å². The molecule has 0 aromatic heterocycles. The molecule has 21 heavy (non-hydrogen) atoms. The molecule has 4 nitrogen and oxygen atoms in total. The van der Waals surface area contributed by atoms with Crippen molar-refractivity contribution in [3.63, 3.8) is 0 Å². The molecule has 1 saturated heterocycles. The van der Waals surface area contributed by atoms with Crippen LogP contribution in [0, 0.1) is 5.92 Å². The second-order valence-corrected chi connectivity index (χ2v) is 6.06. The average molecular weight is 468 g/mol. The van der Waals surface area contributed by atoms with Gasteiger partial charge < -0.3 is 15.0 Å². The summed E-state index contributed by atoms with van der Waals surface area (Å²) in [4.78, 5) is 6.52. The van der Waals surface area contributed by atoms with E-state index in [1.54, 1.807) is 0 Å². The van der Waals surface area contributed by atoms with Crippen LogP contribution in [0.5, 0.6) is 0 Å². The average Bonchev–Trinajstić information content (AvgIpc) is 2.92. The van der Waals surface area contributed by atoms with Crippen LogP contribution in [0.3, 0.4) is 0 Å². The van der Waals surface area contributed by atoms with Crippen molar-refractivity contribution < 1.29 is 4.74 Å². The number of aliphatic imine (C=N–C) groups is 1. The Bertz CT molecular complexity index is 464. The zero-order chi connectivity index (χ0) is 14.4. The Hall–Kier alpha value is -0.340. The van der Waals surface area contributed by atoms with Crippen molar-refractivity contribution in [1.82, 2.24) is 10.2 Å². The van der Waals surface area contributed by atoms with E-state index < -0.39 is 0 Å². The molecule has 1 aliphatic rings. The van der Waals surface area contributed by atoms with E-state index in [1.807, 2.05) is 19.2 Å². The summed E-state index contributed by atoms with van der Waals surface area (Å²) in [5.41, 5.74) is 1.23. The van der Waals surface area contributed by atoms with E-state index in [2.05, 4.69) is 50.3 Å². The van der Waals surface area contributed by atoms with Gasteiger partial charge in [0.25, 0.3) is 0 Å². The Balaban J connectivity index is 0.00000220. The summed E-state index contributed by atoms with van der Waals surface area (Å²) in [6.07, 6.45) is 1.15. The maximum absolute atomic E-state index is 5.42. The van der Waals surface area contributed by atoms with Gasteiger partial charge in [0.2, 0.25) is 0 Å². The monoisotopic (exact) mass is 467 g/mol. The number of hydrogen-bond donors (Lipinski definition) is 1. The van der Waals surface area contributed by atoms with Gasteiger partial charge in [0.05, 0.1) is 6.61 Å². The maximum atomic E-state index is 5.42. The lowest BCUT2D eigenvalue weighted by atomic mass is 10.1. The minimum atomic E-state index is 0. The third kappa shape index (κ3) is 6.12. The lowest BCUT2D eigenvalue weighted by Gasteiger charge is -2.24. The maximum Gasteiger partial charge on any atom is 0.193 e. The van der Waals surface area contributed by atoms with Gasteiger partial charge in [0.15, 0.2) is 5.96 Å². The van der Waals surface area contributed by atoms with Crippen molar-refractivity contribution in [2.45, 2.75) is 13.0 Å². The molecule has 0 saturated carbocycles. The first-order valence-electron chi connectivity index (χ1n) is 6.93. The van der Waals surface area contributed by atoms with Crippen LogP contribution < -0.4 is 5.32 Å². The molecule has 6 heteroatoms. The van der Waals surface area contributed by atoms with E-state index in [0.29, 0.717) is 5.92 Å². The highest BCUT2D eigenvalue weighted by molar-refractivity contribution is 14.0. The molecule has 1 aliphatic heterocycles. The zero-order valence-corrected chi connectivity index (χ0v) is 16.4. The van der Waals surface area contributed by atoms with Crippen LogP contribution in [-0.2, 0) is 11.3 Å². The number of rotatable bonds is 4. The first kappa shape index (κ1) is 18.7. The molecule has 118 valence electrons. The SMILES string of the molecule is CN=C(NCc1cccc(Br)c1)N(C)CC1CCOC1.I. The van der Waals surface area contributed by atoms with Crippen LogP contribution in [-0.4, -0.2) is 44.7 Å². The molecule has 1 atom stereocenters. The predicted molar refractivity (Wildman–Crippen MR) is 101 cm³/mol. The third-order valence-electron chi connectivity index (χ3n) is 3.47. The van der Waals surface area contributed by atoms with Gasteiger partial charge in [-0.25, -0.2) is 0 Å². The topological polar surface area (TPSA) is 36.9 Å². The molecule has 0 radical (unpaired) electrons. The lowest BCUT2D eigenvalue weighted by molar-refractivity contribution is 0.181. The molecule has 1 N–H and O–H groups in total. The highest BCUT2D eigenvalue weighted by Gasteiger charge is 2.18. The van der Waals surface area contributed by atoms with Crippen LogP contribution in [0.2, 0.25) is 0 Å². The number of halogens is 2. The molecule has 0 aliphatic carbocycles. The Kier molecular flexibility index (Phi) is 8.58. The normalized spacial score (nSPS) is 18.2. The molecule has 0 spiro atoms. The van der Waals surface area contributed by atoms with E-state index in [0.717, 1.165) is 43.2 Å². The molecule has 1 unspecified atom stereocenters. The van der Waals surface area contributed by atoms with Crippen molar-refractivity contribution in [2.75, 3.05) is 33.9 Å². The number of nitrogens with one attached hydrogen (secondary N) is 1. The van der Waals surface area contributed by atoms with Gasteiger partial charge >= 0.3 is 0 Å². The van der Waals surface area contributed by atoms with Crippen molar-refractivity contribution in [1.29, 1.82) is 0 Å². The largest absolute Gasteiger partial charge is 0.381 e. The van der Waals surface area contributed by atoms with Crippen molar-refractivity contribution >= 4 is 45.9 Å². The second-order valence-electron chi connectivity index (χ2n) is 5.14. The fourth-order valence-corrected chi connectivity index (χ4v) is 2.86. The van der Waals surface area contributed by atoms with Gasteiger partial charge in [-0.05, 0) is 24.1 Å². The summed E-state index contributed by atoms with van der Waals surface area (Å²) in [6, 6.07) is 8.30. The number of benzene rings is 1. The van der Waals surface area contributed by atoms with E-state index in [9.17, 15) is 0 Å². The molecular weight excluding hydrogens is 445 g/mol. The zero-order valence-electron chi connectivity index (χ0n) is 12.5. The first-order chi connectivity index (χ1) is 9.69. The van der Waals surface area contributed by atoms with Gasteiger partial charge in [-0.1, -0.05) is 28.1 Å². The summed E-state index contributed by atoms with van der Waals surface area (Å²) in [6.45, 7) is 3.52. The molecule has 1 aromatic rings. The third-order valence-corrected chi connectivity index (χ3v) is 3.96. The Morgan fingerprint density at radius 1 is 1.52 bits per heavy atom. The summed E-state index contributed by atoms with van der Waals surface area (Å²) in [5.74, 6) is 1.54. The Morgan fingerprint density at radius 3 is 2.95 bits per heavy atom. The van der Waals surface area contributed by atoms with Crippen LogP contribution in [0.15, 0.2) is 33.7 Å². The smallest absolute Gasteiger partial charge is 0.193 e. The van der Waals surface area contributed by atoms with Gasteiger partial charge in [-0.2, -0.15) is 0 Å². The molecular formula is C15H23BrIN3O. The predicted octanol–water partition coefficient (Wildman–Crippen LogP) is 3.11. The van der Waals surface area contributed by atoms with E-state index in [4.69, 9.17) is 4.74 Å². The molecule has 2 rings (SSSR count). The summed E-state index contributed by atoms with van der Waals surface area (Å²) in [7, 11) is 3.90. The van der Waals surface area contributed by atoms with Crippen molar-refractivity contribution in [3.8, 4) is 0 Å². The summed E-state index contributed by atoms with van der Waals surface area (Å²) in [5, 5.41) is 3.40. The quantitative estimate of drug-likeness (QED) is 0.420. The lowest BCUT2D eigenvalue weighted by Crippen LogP contribution is -2.41. The van der Waals surface area contributed by atoms with E-state index in [1.165, 1.54) is 5.56 Å². The van der Waals surface area contributed by atoms with E-state index >= 15 is 0 Å². The first-order valence-corrected chi connectivity index (χ1v) is 7.72. The minimum absolute atomic E-state index is 0. The van der Waals surface area contributed by atoms with Gasteiger partial charge in [-0.3, -0.25) is 4.99 Å².